The van der Waals surface area contributed by atoms with Crippen LogP contribution in [0.3, 0.4) is 0 Å². The van der Waals surface area contributed by atoms with Gasteiger partial charge < -0.3 is 20.9 Å². The van der Waals surface area contributed by atoms with Crippen LogP contribution in [-0.4, -0.2) is 31.3 Å². The van der Waals surface area contributed by atoms with Crippen molar-refractivity contribution < 1.29 is 14.4 Å². The highest BCUT2D eigenvalue weighted by atomic mass is 16.2. The van der Waals surface area contributed by atoms with E-state index >= 15 is 0 Å². The Hall–Kier alpha value is -4.91. The van der Waals surface area contributed by atoms with Gasteiger partial charge in [0.2, 0.25) is 11.8 Å². The second kappa shape index (κ2) is 12.9. The molecule has 0 spiro atoms. The minimum Gasteiger partial charge on any atom is -0.376 e. The predicted molar refractivity (Wildman–Crippen MR) is 153 cm³/mol. The number of hydrogen-bond donors (Lipinski definition) is 3. The molecule has 7 nitrogen and oxygen atoms in total. The molecule has 4 aromatic carbocycles. The van der Waals surface area contributed by atoms with Crippen molar-refractivity contribution in [3.05, 3.63) is 120 Å². The zero-order valence-corrected chi connectivity index (χ0v) is 21.2. The number of rotatable bonds is 10. The van der Waals surface area contributed by atoms with Gasteiger partial charge in [-0.1, -0.05) is 54.6 Å². The highest BCUT2D eigenvalue weighted by Crippen LogP contribution is 2.18. The number of nitrogens with zero attached hydrogens (tertiary/aromatic N) is 1. The first-order valence-electron chi connectivity index (χ1n) is 12.4. The first-order valence-corrected chi connectivity index (χ1v) is 12.4. The molecule has 4 rings (SSSR count). The highest BCUT2D eigenvalue weighted by molar-refractivity contribution is 6.06. The van der Waals surface area contributed by atoms with Crippen LogP contribution in [0.25, 0.3) is 0 Å². The maximum absolute atomic E-state index is 12.7. The maximum Gasteiger partial charge on any atom is 0.258 e. The third-order valence-electron chi connectivity index (χ3n) is 5.95. The summed E-state index contributed by atoms with van der Waals surface area (Å²) in [5.41, 5.74) is 4.40. The van der Waals surface area contributed by atoms with Crippen molar-refractivity contribution in [2.45, 2.75) is 12.8 Å². The summed E-state index contributed by atoms with van der Waals surface area (Å²) in [6.07, 6.45) is 1.03. The summed E-state index contributed by atoms with van der Waals surface area (Å²) in [5, 5.41) is 8.78. The van der Waals surface area contributed by atoms with E-state index in [1.807, 2.05) is 60.7 Å². The highest BCUT2D eigenvalue weighted by Gasteiger charge is 2.13. The number of carbonyl (C=O) groups is 3. The van der Waals surface area contributed by atoms with Crippen LogP contribution in [0.2, 0.25) is 0 Å². The summed E-state index contributed by atoms with van der Waals surface area (Å²) in [7, 11) is 1.74. The van der Waals surface area contributed by atoms with Crippen LogP contribution in [0.1, 0.15) is 22.3 Å². The van der Waals surface area contributed by atoms with Gasteiger partial charge in [-0.2, -0.15) is 0 Å². The number of carbonyl (C=O) groups excluding carboxylic acids is 3. The van der Waals surface area contributed by atoms with E-state index in [0.717, 1.165) is 16.9 Å². The topological polar surface area (TPSA) is 90.5 Å². The lowest BCUT2D eigenvalue weighted by Gasteiger charge is -2.17. The molecule has 0 aliphatic heterocycles. The summed E-state index contributed by atoms with van der Waals surface area (Å²) < 4.78 is 0. The van der Waals surface area contributed by atoms with E-state index in [2.05, 4.69) is 16.0 Å². The zero-order valence-electron chi connectivity index (χ0n) is 21.2. The van der Waals surface area contributed by atoms with Crippen LogP contribution in [0, 0.1) is 0 Å². The fourth-order valence-electron chi connectivity index (χ4n) is 3.88. The predicted octanol–water partition coefficient (Wildman–Crippen LogP) is 5.59. The van der Waals surface area contributed by atoms with E-state index in [0.29, 0.717) is 29.8 Å². The minimum atomic E-state index is -0.235. The van der Waals surface area contributed by atoms with Gasteiger partial charge in [-0.3, -0.25) is 14.4 Å². The Morgan fingerprint density at radius 3 is 1.92 bits per heavy atom. The lowest BCUT2D eigenvalue weighted by atomic mass is 10.1. The molecule has 192 valence electrons. The van der Waals surface area contributed by atoms with Gasteiger partial charge >= 0.3 is 0 Å². The number of benzene rings is 4. The van der Waals surface area contributed by atoms with E-state index < -0.39 is 0 Å². The first kappa shape index (κ1) is 26.2. The molecule has 0 unspecified atom stereocenters. The zero-order chi connectivity index (χ0) is 26.7. The Labute approximate surface area is 222 Å². The molecule has 0 heterocycles. The SMILES string of the molecule is CN(C(=O)c1ccc(NCC(=O)Nc2cccc(NC(=O)CCc3ccccc3)c2)cc1)c1ccccc1. The van der Waals surface area contributed by atoms with Crippen molar-refractivity contribution in [1.82, 2.24) is 0 Å². The number of hydrogen-bond acceptors (Lipinski definition) is 4. The molecule has 7 heteroatoms. The van der Waals surface area contributed by atoms with E-state index in [9.17, 15) is 14.4 Å². The van der Waals surface area contributed by atoms with Crippen LogP contribution in [0.5, 0.6) is 0 Å². The Kier molecular flexibility index (Phi) is 8.86. The van der Waals surface area contributed by atoms with Gasteiger partial charge in [0.1, 0.15) is 0 Å². The van der Waals surface area contributed by atoms with Crippen molar-refractivity contribution in [1.29, 1.82) is 0 Å². The summed E-state index contributed by atoms with van der Waals surface area (Å²) in [6.45, 7) is 0.0465. The number of para-hydroxylation sites is 1. The molecular weight excluding hydrogens is 476 g/mol. The minimum absolute atomic E-state index is 0.0465. The lowest BCUT2D eigenvalue weighted by molar-refractivity contribution is -0.116. The molecule has 0 aliphatic carbocycles. The Balaban J connectivity index is 1.24. The van der Waals surface area contributed by atoms with Gasteiger partial charge in [-0.15, -0.1) is 0 Å². The largest absolute Gasteiger partial charge is 0.376 e. The molecule has 38 heavy (non-hydrogen) atoms. The molecular formula is C31H30N4O3. The smallest absolute Gasteiger partial charge is 0.258 e. The second-order valence-corrected chi connectivity index (χ2v) is 8.79. The second-order valence-electron chi connectivity index (χ2n) is 8.79. The van der Waals surface area contributed by atoms with Gasteiger partial charge in [0.05, 0.1) is 6.54 Å². The molecule has 0 aromatic heterocycles. The summed E-state index contributed by atoms with van der Waals surface area (Å²) in [4.78, 5) is 39.1. The average Bonchev–Trinajstić information content (AvgIpc) is 2.96. The van der Waals surface area contributed by atoms with Crippen LogP contribution < -0.4 is 20.9 Å². The first-order chi connectivity index (χ1) is 18.5. The normalized spacial score (nSPS) is 10.3. The lowest BCUT2D eigenvalue weighted by Crippen LogP contribution is -2.26. The van der Waals surface area contributed by atoms with Crippen LogP contribution in [-0.2, 0) is 16.0 Å². The summed E-state index contributed by atoms with van der Waals surface area (Å²) in [5.74, 6) is -0.440. The Bertz CT molecular complexity index is 1370. The monoisotopic (exact) mass is 506 g/mol. The van der Waals surface area contributed by atoms with Crippen molar-refractivity contribution in [3.8, 4) is 0 Å². The van der Waals surface area contributed by atoms with Crippen molar-refractivity contribution >= 4 is 40.5 Å². The molecule has 0 aliphatic rings. The molecule has 0 fully saturated rings. The van der Waals surface area contributed by atoms with Gasteiger partial charge in [-0.25, -0.2) is 0 Å². The third kappa shape index (κ3) is 7.54. The molecule has 4 aromatic rings. The van der Waals surface area contributed by atoms with Gasteiger partial charge in [0, 0.05) is 41.8 Å². The molecule has 0 saturated carbocycles. The van der Waals surface area contributed by atoms with E-state index in [4.69, 9.17) is 0 Å². The van der Waals surface area contributed by atoms with E-state index in [-0.39, 0.29) is 24.3 Å². The quantitative estimate of drug-likeness (QED) is 0.262. The van der Waals surface area contributed by atoms with E-state index in [1.54, 1.807) is 60.5 Å². The maximum atomic E-state index is 12.7. The van der Waals surface area contributed by atoms with Crippen LogP contribution in [0.4, 0.5) is 22.7 Å². The number of nitrogens with one attached hydrogen (secondary N) is 3. The van der Waals surface area contributed by atoms with Crippen molar-refractivity contribution in [2.24, 2.45) is 0 Å². The molecule has 0 bridgehead atoms. The van der Waals surface area contributed by atoms with Gasteiger partial charge in [0.25, 0.3) is 5.91 Å². The van der Waals surface area contributed by atoms with Crippen molar-refractivity contribution in [2.75, 3.05) is 34.4 Å². The Morgan fingerprint density at radius 2 is 1.26 bits per heavy atom. The van der Waals surface area contributed by atoms with Crippen LogP contribution >= 0.6 is 0 Å². The fourth-order valence-corrected chi connectivity index (χ4v) is 3.88. The molecule has 3 amide bonds. The number of aryl methyl sites for hydroxylation is 1. The summed E-state index contributed by atoms with van der Waals surface area (Å²) in [6, 6.07) is 33.3. The standard InChI is InChI=1S/C31H30N4O3/c1-35(28-13-6-3-7-14-28)31(38)24-16-18-25(19-17-24)32-22-30(37)34-27-12-8-11-26(21-27)33-29(36)20-15-23-9-4-2-5-10-23/h2-14,16-19,21,32H,15,20,22H2,1H3,(H,33,36)(H,34,37). The molecule has 0 saturated heterocycles. The molecule has 3 N–H and O–H groups in total. The Morgan fingerprint density at radius 1 is 0.658 bits per heavy atom. The fraction of sp³-hybridized carbons (Fsp3) is 0.129. The number of anilines is 4. The summed E-state index contributed by atoms with van der Waals surface area (Å²) >= 11 is 0. The molecule has 0 radical (unpaired) electrons. The average molecular weight is 507 g/mol. The van der Waals surface area contributed by atoms with Gasteiger partial charge in [0.15, 0.2) is 0 Å². The molecule has 0 atom stereocenters. The third-order valence-corrected chi connectivity index (χ3v) is 5.95. The number of amides is 3. The van der Waals surface area contributed by atoms with Crippen molar-refractivity contribution in [3.63, 3.8) is 0 Å². The van der Waals surface area contributed by atoms with Crippen LogP contribution in [0.15, 0.2) is 109 Å². The van der Waals surface area contributed by atoms with Gasteiger partial charge in [-0.05, 0) is 66.6 Å². The van der Waals surface area contributed by atoms with E-state index in [1.165, 1.54) is 0 Å².